The number of para-hydroxylation sites is 1. The molecular formula is C23H25N3O2. The van der Waals surface area contributed by atoms with Crippen LogP contribution in [-0.2, 0) is 9.59 Å². The molecule has 0 unspecified atom stereocenters. The number of carbonyl (C=O) groups is 2. The first kappa shape index (κ1) is 19.5. The SMILES string of the molecule is CC(=O)N(CCC(=O)Nc1cccc2cccnc12)c1ccc(C(C)C)cc1. The first-order valence-corrected chi connectivity index (χ1v) is 9.47. The highest BCUT2D eigenvalue weighted by molar-refractivity contribution is 6.01. The molecule has 0 aliphatic rings. The standard InChI is InChI=1S/C23H25N3O2/c1-16(2)18-9-11-20(12-10-18)26(17(3)27)15-13-22(28)25-21-8-4-6-19-7-5-14-24-23(19)21/h4-12,14,16H,13,15H2,1-3H3,(H,25,28). The fourth-order valence-corrected chi connectivity index (χ4v) is 3.14. The molecule has 1 aromatic heterocycles. The number of hydrogen-bond donors (Lipinski definition) is 1. The fraction of sp³-hybridized carbons (Fsp3) is 0.261. The lowest BCUT2D eigenvalue weighted by Crippen LogP contribution is -2.32. The van der Waals surface area contributed by atoms with E-state index in [1.807, 2.05) is 54.6 Å². The highest BCUT2D eigenvalue weighted by Crippen LogP contribution is 2.22. The van der Waals surface area contributed by atoms with E-state index in [2.05, 4.69) is 24.1 Å². The minimum absolute atomic E-state index is 0.0862. The molecule has 28 heavy (non-hydrogen) atoms. The lowest BCUT2D eigenvalue weighted by atomic mass is 10.0. The summed E-state index contributed by atoms with van der Waals surface area (Å²) in [7, 11) is 0. The van der Waals surface area contributed by atoms with Gasteiger partial charge in [0.25, 0.3) is 0 Å². The average Bonchev–Trinajstić information content (AvgIpc) is 2.68. The average molecular weight is 375 g/mol. The van der Waals surface area contributed by atoms with Gasteiger partial charge in [-0.2, -0.15) is 0 Å². The Morgan fingerprint density at radius 3 is 2.43 bits per heavy atom. The van der Waals surface area contributed by atoms with Gasteiger partial charge in [-0.25, -0.2) is 0 Å². The summed E-state index contributed by atoms with van der Waals surface area (Å²) >= 11 is 0. The van der Waals surface area contributed by atoms with Crippen molar-refractivity contribution < 1.29 is 9.59 Å². The van der Waals surface area contributed by atoms with Crippen molar-refractivity contribution >= 4 is 34.1 Å². The maximum Gasteiger partial charge on any atom is 0.226 e. The van der Waals surface area contributed by atoms with E-state index < -0.39 is 0 Å². The van der Waals surface area contributed by atoms with Crippen molar-refractivity contribution in [3.05, 3.63) is 66.4 Å². The monoisotopic (exact) mass is 375 g/mol. The lowest BCUT2D eigenvalue weighted by molar-refractivity contribution is -0.117. The van der Waals surface area contributed by atoms with Crippen LogP contribution in [0.4, 0.5) is 11.4 Å². The Hall–Kier alpha value is -3.21. The van der Waals surface area contributed by atoms with Crippen molar-refractivity contribution in [1.29, 1.82) is 0 Å². The Kier molecular flexibility index (Phi) is 6.04. The molecule has 3 rings (SSSR count). The zero-order valence-corrected chi connectivity index (χ0v) is 16.5. The third kappa shape index (κ3) is 4.55. The number of fused-ring (bicyclic) bond motifs is 1. The van der Waals surface area contributed by atoms with Gasteiger partial charge in [-0.1, -0.05) is 44.2 Å². The second kappa shape index (κ2) is 8.65. The summed E-state index contributed by atoms with van der Waals surface area (Å²) in [6, 6.07) is 17.4. The van der Waals surface area contributed by atoms with Crippen LogP contribution in [-0.4, -0.2) is 23.3 Å². The molecule has 1 heterocycles. The number of hydrogen-bond acceptors (Lipinski definition) is 3. The summed E-state index contributed by atoms with van der Waals surface area (Å²) in [5.74, 6) is 0.194. The molecule has 144 valence electrons. The molecule has 0 atom stereocenters. The van der Waals surface area contributed by atoms with Crippen molar-refractivity contribution in [2.45, 2.75) is 33.1 Å². The van der Waals surface area contributed by atoms with Crippen LogP contribution >= 0.6 is 0 Å². The lowest BCUT2D eigenvalue weighted by Gasteiger charge is -2.21. The molecule has 0 saturated heterocycles. The Bertz CT molecular complexity index is 975. The van der Waals surface area contributed by atoms with E-state index in [1.165, 1.54) is 12.5 Å². The van der Waals surface area contributed by atoms with Crippen molar-refractivity contribution in [2.24, 2.45) is 0 Å². The van der Waals surface area contributed by atoms with E-state index in [1.54, 1.807) is 11.1 Å². The number of amides is 2. The summed E-state index contributed by atoms with van der Waals surface area (Å²) in [6.07, 6.45) is 1.91. The molecule has 0 radical (unpaired) electrons. The Morgan fingerprint density at radius 1 is 1.04 bits per heavy atom. The van der Waals surface area contributed by atoms with Crippen LogP contribution in [0.3, 0.4) is 0 Å². The quantitative estimate of drug-likeness (QED) is 0.677. The minimum atomic E-state index is -0.150. The summed E-state index contributed by atoms with van der Waals surface area (Å²) in [5.41, 5.74) is 3.45. The van der Waals surface area contributed by atoms with Crippen molar-refractivity contribution in [1.82, 2.24) is 4.98 Å². The smallest absolute Gasteiger partial charge is 0.226 e. The second-order valence-corrected chi connectivity index (χ2v) is 7.10. The van der Waals surface area contributed by atoms with Crippen LogP contribution in [0, 0.1) is 0 Å². The Balaban J connectivity index is 1.68. The molecule has 5 nitrogen and oxygen atoms in total. The predicted molar refractivity (Wildman–Crippen MR) is 114 cm³/mol. The Morgan fingerprint density at radius 2 is 1.75 bits per heavy atom. The number of benzene rings is 2. The summed E-state index contributed by atoms with van der Waals surface area (Å²) < 4.78 is 0. The van der Waals surface area contributed by atoms with E-state index >= 15 is 0 Å². The highest BCUT2D eigenvalue weighted by Gasteiger charge is 2.14. The van der Waals surface area contributed by atoms with E-state index in [0.717, 1.165) is 16.6 Å². The van der Waals surface area contributed by atoms with E-state index in [9.17, 15) is 9.59 Å². The number of anilines is 2. The van der Waals surface area contributed by atoms with E-state index in [0.29, 0.717) is 18.2 Å². The largest absolute Gasteiger partial charge is 0.324 e. The molecule has 2 amide bonds. The number of nitrogens with one attached hydrogen (secondary N) is 1. The van der Waals surface area contributed by atoms with Crippen LogP contribution in [0.25, 0.3) is 10.9 Å². The van der Waals surface area contributed by atoms with Gasteiger partial charge >= 0.3 is 0 Å². The summed E-state index contributed by atoms with van der Waals surface area (Å²) in [5, 5.41) is 3.88. The molecule has 5 heteroatoms. The van der Waals surface area contributed by atoms with Gasteiger partial charge in [-0.15, -0.1) is 0 Å². The molecule has 3 aromatic rings. The van der Waals surface area contributed by atoms with Crippen LogP contribution in [0.2, 0.25) is 0 Å². The normalized spacial score (nSPS) is 10.9. The van der Waals surface area contributed by atoms with Crippen molar-refractivity contribution in [3.63, 3.8) is 0 Å². The number of rotatable bonds is 6. The van der Waals surface area contributed by atoms with Gasteiger partial charge in [0.1, 0.15) is 0 Å². The molecule has 0 saturated carbocycles. The van der Waals surface area contributed by atoms with Crippen LogP contribution in [0.5, 0.6) is 0 Å². The van der Waals surface area contributed by atoms with E-state index in [-0.39, 0.29) is 18.2 Å². The first-order valence-electron chi connectivity index (χ1n) is 9.47. The van der Waals surface area contributed by atoms with Gasteiger partial charge in [0.05, 0.1) is 11.2 Å². The molecule has 0 fully saturated rings. The van der Waals surface area contributed by atoms with Gasteiger partial charge in [0.15, 0.2) is 0 Å². The van der Waals surface area contributed by atoms with Crippen LogP contribution in [0.15, 0.2) is 60.8 Å². The molecule has 0 aliphatic carbocycles. The number of pyridine rings is 1. The maximum atomic E-state index is 12.5. The van der Waals surface area contributed by atoms with Gasteiger partial charge in [0.2, 0.25) is 11.8 Å². The molecular weight excluding hydrogens is 350 g/mol. The Labute approximate surface area is 165 Å². The molecule has 0 bridgehead atoms. The third-order valence-electron chi connectivity index (χ3n) is 4.72. The van der Waals surface area contributed by atoms with Gasteiger partial charge in [0, 0.05) is 37.2 Å². The van der Waals surface area contributed by atoms with Gasteiger partial charge < -0.3 is 10.2 Å². The molecule has 2 aromatic carbocycles. The summed E-state index contributed by atoms with van der Waals surface area (Å²) in [4.78, 5) is 30.6. The van der Waals surface area contributed by atoms with Gasteiger partial charge in [-0.3, -0.25) is 14.6 Å². The third-order valence-corrected chi connectivity index (χ3v) is 4.72. The fourth-order valence-electron chi connectivity index (χ4n) is 3.14. The molecule has 0 aliphatic heterocycles. The maximum absolute atomic E-state index is 12.5. The number of carbonyl (C=O) groups excluding carboxylic acids is 2. The van der Waals surface area contributed by atoms with E-state index in [4.69, 9.17) is 0 Å². The molecule has 0 spiro atoms. The second-order valence-electron chi connectivity index (χ2n) is 7.10. The number of nitrogens with zero attached hydrogens (tertiary/aromatic N) is 2. The van der Waals surface area contributed by atoms with Crippen molar-refractivity contribution in [3.8, 4) is 0 Å². The summed E-state index contributed by atoms with van der Waals surface area (Å²) in [6.45, 7) is 6.09. The zero-order valence-electron chi connectivity index (χ0n) is 16.5. The van der Waals surface area contributed by atoms with Crippen LogP contribution < -0.4 is 10.2 Å². The molecule has 1 N–H and O–H groups in total. The topological polar surface area (TPSA) is 62.3 Å². The predicted octanol–water partition coefficient (Wildman–Crippen LogP) is 4.74. The van der Waals surface area contributed by atoms with Crippen molar-refractivity contribution in [2.75, 3.05) is 16.8 Å². The number of aromatic nitrogens is 1. The minimum Gasteiger partial charge on any atom is -0.324 e. The highest BCUT2D eigenvalue weighted by atomic mass is 16.2. The van der Waals surface area contributed by atoms with Gasteiger partial charge in [-0.05, 0) is 35.7 Å². The first-order chi connectivity index (χ1) is 13.5. The zero-order chi connectivity index (χ0) is 20.1. The van der Waals surface area contributed by atoms with Crippen LogP contribution in [0.1, 0.15) is 38.7 Å².